The number of carboxylic acid groups (broad SMARTS) is 1. The average Bonchev–Trinajstić information content (AvgIpc) is 2.65. The molecule has 3 unspecified atom stereocenters. The molecule has 0 aliphatic rings. The van der Waals surface area contributed by atoms with E-state index in [1.807, 2.05) is 0 Å². The molecular weight excluding hydrogens is 382 g/mol. The van der Waals surface area contributed by atoms with Crippen LogP contribution in [0.15, 0.2) is 30.3 Å². The summed E-state index contributed by atoms with van der Waals surface area (Å²) in [5.41, 5.74) is 11.4. The predicted octanol–water partition coefficient (Wildman–Crippen LogP) is -2.38. The van der Waals surface area contributed by atoms with Crippen molar-refractivity contribution in [2.24, 2.45) is 11.5 Å². The molecule has 0 saturated carbocycles. The van der Waals surface area contributed by atoms with E-state index < -0.39 is 60.7 Å². The largest absolute Gasteiger partial charge is 0.480 e. The number of hydrogen-bond acceptors (Lipinski definition) is 6. The van der Waals surface area contributed by atoms with Gasteiger partial charge in [0.1, 0.15) is 18.6 Å². The number of nitrogens with two attached hydrogens (primary N) is 2. The van der Waals surface area contributed by atoms with E-state index in [2.05, 4.69) is 16.0 Å². The number of rotatable bonds is 11. The molecule has 11 heteroatoms. The van der Waals surface area contributed by atoms with Crippen LogP contribution in [0.4, 0.5) is 0 Å². The quantitative estimate of drug-likeness (QED) is 0.236. The highest BCUT2D eigenvalue weighted by atomic mass is 16.4. The minimum atomic E-state index is -1.40. The summed E-state index contributed by atoms with van der Waals surface area (Å²) < 4.78 is 0. The number of amides is 4. The maximum absolute atomic E-state index is 12.7. The van der Waals surface area contributed by atoms with Crippen molar-refractivity contribution in [1.29, 1.82) is 0 Å². The third-order valence-electron chi connectivity index (χ3n) is 3.78. The van der Waals surface area contributed by atoms with Crippen LogP contribution in [-0.4, -0.2) is 59.4 Å². The summed E-state index contributed by atoms with van der Waals surface area (Å²) in [5, 5.41) is 15.6. The number of hydrogen-bond donors (Lipinski definition) is 6. The zero-order chi connectivity index (χ0) is 22.0. The Labute approximate surface area is 167 Å². The van der Waals surface area contributed by atoms with E-state index in [1.54, 1.807) is 30.3 Å². The Morgan fingerprint density at radius 3 is 2.07 bits per heavy atom. The van der Waals surface area contributed by atoms with Crippen molar-refractivity contribution in [3.8, 4) is 0 Å². The number of primary amides is 1. The smallest absolute Gasteiger partial charge is 0.322 e. The Morgan fingerprint density at radius 2 is 1.55 bits per heavy atom. The molecule has 1 aromatic rings. The number of benzene rings is 1. The Morgan fingerprint density at radius 1 is 0.966 bits per heavy atom. The van der Waals surface area contributed by atoms with Crippen molar-refractivity contribution in [3.05, 3.63) is 35.9 Å². The second-order valence-corrected chi connectivity index (χ2v) is 6.38. The van der Waals surface area contributed by atoms with E-state index in [0.717, 1.165) is 5.56 Å². The van der Waals surface area contributed by atoms with Crippen LogP contribution in [-0.2, 0) is 30.4 Å². The summed E-state index contributed by atoms with van der Waals surface area (Å²) in [6.45, 7) is 0.751. The normalized spacial score (nSPS) is 13.4. The maximum atomic E-state index is 12.7. The van der Waals surface area contributed by atoms with Gasteiger partial charge < -0.3 is 32.5 Å². The van der Waals surface area contributed by atoms with Crippen molar-refractivity contribution in [2.75, 3.05) is 6.54 Å². The molecule has 4 amide bonds. The van der Waals surface area contributed by atoms with E-state index in [-0.39, 0.29) is 6.42 Å². The molecule has 0 spiro atoms. The maximum Gasteiger partial charge on any atom is 0.322 e. The van der Waals surface area contributed by atoms with Gasteiger partial charge in [-0.1, -0.05) is 30.3 Å². The molecule has 0 aliphatic heterocycles. The number of carbonyl (C=O) groups is 5. The fourth-order valence-corrected chi connectivity index (χ4v) is 2.33. The van der Waals surface area contributed by atoms with Crippen molar-refractivity contribution in [3.63, 3.8) is 0 Å². The fraction of sp³-hybridized carbons (Fsp3) is 0.389. The monoisotopic (exact) mass is 407 g/mol. The molecule has 0 aromatic heterocycles. The summed E-state index contributed by atoms with van der Waals surface area (Å²) in [6, 6.07) is 5.44. The zero-order valence-corrected chi connectivity index (χ0v) is 15.9. The van der Waals surface area contributed by atoms with Gasteiger partial charge in [-0.3, -0.25) is 24.0 Å². The fourth-order valence-electron chi connectivity index (χ4n) is 2.33. The predicted molar refractivity (Wildman–Crippen MR) is 102 cm³/mol. The van der Waals surface area contributed by atoms with Crippen LogP contribution in [0.2, 0.25) is 0 Å². The number of aliphatic carboxylic acids is 1. The highest BCUT2D eigenvalue weighted by Crippen LogP contribution is 2.05. The standard InChI is InChI=1S/C18H25N5O6/c1-10(19)16(27)22-12(7-11-5-3-2-4-6-11)18(29)23-13(8-14(20)24)17(28)21-9-15(25)26/h2-6,10,12-13H,7-9,19H2,1H3,(H2,20,24)(H,21,28)(H,22,27)(H,23,29)(H,25,26). The summed E-state index contributed by atoms with van der Waals surface area (Å²) in [5.74, 6) is -4.40. The van der Waals surface area contributed by atoms with Crippen molar-refractivity contribution >= 4 is 29.6 Å². The first-order chi connectivity index (χ1) is 13.6. The third-order valence-corrected chi connectivity index (χ3v) is 3.78. The summed E-state index contributed by atoms with van der Waals surface area (Å²) in [6.07, 6.45) is -0.443. The Hall–Kier alpha value is -3.47. The first-order valence-corrected chi connectivity index (χ1v) is 8.78. The lowest BCUT2D eigenvalue weighted by Gasteiger charge is -2.23. The first kappa shape index (κ1) is 23.6. The van der Waals surface area contributed by atoms with Gasteiger partial charge in [0, 0.05) is 6.42 Å². The molecule has 0 radical (unpaired) electrons. The molecule has 158 valence electrons. The van der Waals surface area contributed by atoms with Crippen molar-refractivity contribution < 1.29 is 29.1 Å². The van der Waals surface area contributed by atoms with Gasteiger partial charge in [-0.15, -0.1) is 0 Å². The Bertz CT molecular complexity index is 752. The SMILES string of the molecule is CC(N)C(=O)NC(Cc1ccccc1)C(=O)NC(CC(N)=O)C(=O)NCC(=O)O. The Kier molecular flexibility index (Phi) is 9.26. The lowest BCUT2D eigenvalue weighted by atomic mass is 10.0. The van der Waals surface area contributed by atoms with Gasteiger partial charge in [0.15, 0.2) is 0 Å². The van der Waals surface area contributed by atoms with Gasteiger partial charge in [0.2, 0.25) is 23.6 Å². The van der Waals surface area contributed by atoms with Crippen LogP contribution in [0.5, 0.6) is 0 Å². The van der Waals surface area contributed by atoms with Gasteiger partial charge in [-0.2, -0.15) is 0 Å². The van der Waals surface area contributed by atoms with Crippen LogP contribution < -0.4 is 27.4 Å². The molecular formula is C18H25N5O6. The molecule has 0 fully saturated rings. The number of carbonyl (C=O) groups excluding carboxylic acids is 4. The van der Waals surface area contributed by atoms with Crippen LogP contribution >= 0.6 is 0 Å². The molecule has 0 heterocycles. The zero-order valence-electron chi connectivity index (χ0n) is 15.9. The highest BCUT2D eigenvalue weighted by molar-refractivity contribution is 5.95. The highest BCUT2D eigenvalue weighted by Gasteiger charge is 2.28. The van der Waals surface area contributed by atoms with E-state index in [0.29, 0.717) is 0 Å². The molecule has 11 nitrogen and oxygen atoms in total. The minimum absolute atomic E-state index is 0.102. The van der Waals surface area contributed by atoms with Crippen molar-refractivity contribution in [2.45, 2.75) is 37.9 Å². The van der Waals surface area contributed by atoms with Gasteiger partial charge >= 0.3 is 5.97 Å². The van der Waals surface area contributed by atoms with Gasteiger partial charge in [-0.25, -0.2) is 0 Å². The number of nitrogens with one attached hydrogen (secondary N) is 3. The Balaban J connectivity index is 2.97. The van der Waals surface area contributed by atoms with Crippen LogP contribution in [0, 0.1) is 0 Å². The summed E-state index contributed by atoms with van der Waals surface area (Å²) in [7, 11) is 0. The molecule has 0 saturated heterocycles. The van der Waals surface area contributed by atoms with Gasteiger partial charge in [0.25, 0.3) is 0 Å². The number of carboxylic acids is 1. The van der Waals surface area contributed by atoms with Crippen LogP contribution in [0.3, 0.4) is 0 Å². The molecule has 1 aromatic carbocycles. The van der Waals surface area contributed by atoms with Gasteiger partial charge in [-0.05, 0) is 12.5 Å². The third kappa shape index (κ3) is 8.84. The van der Waals surface area contributed by atoms with Crippen LogP contribution in [0.1, 0.15) is 18.9 Å². The van der Waals surface area contributed by atoms with Gasteiger partial charge in [0.05, 0.1) is 12.5 Å². The van der Waals surface area contributed by atoms with Crippen molar-refractivity contribution in [1.82, 2.24) is 16.0 Å². The molecule has 1 rings (SSSR count). The van der Waals surface area contributed by atoms with E-state index >= 15 is 0 Å². The first-order valence-electron chi connectivity index (χ1n) is 8.78. The summed E-state index contributed by atoms with van der Waals surface area (Å²) >= 11 is 0. The molecule has 0 bridgehead atoms. The second-order valence-electron chi connectivity index (χ2n) is 6.38. The second kappa shape index (κ2) is 11.4. The topological polar surface area (TPSA) is 194 Å². The van der Waals surface area contributed by atoms with E-state index in [1.165, 1.54) is 6.92 Å². The lowest BCUT2D eigenvalue weighted by molar-refractivity contribution is -0.138. The average molecular weight is 407 g/mol. The molecule has 3 atom stereocenters. The van der Waals surface area contributed by atoms with E-state index in [9.17, 15) is 24.0 Å². The molecule has 8 N–H and O–H groups in total. The minimum Gasteiger partial charge on any atom is -0.480 e. The summed E-state index contributed by atoms with van der Waals surface area (Å²) in [4.78, 5) is 58.7. The molecule has 29 heavy (non-hydrogen) atoms. The van der Waals surface area contributed by atoms with E-state index in [4.69, 9.17) is 16.6 Å². The molecule has 0 aliphatic carbocycles. The van der Waals surface area contributed by atoms with Crippen LogP contribution in [0.25, 0.3) is 0 Å². The lowest BCUT2D eigenvalue weighted by Crippen LogP contribution is -2.57.